The lowest BCUT2D eigenvalue weighted by molar-refractivity contribution is -0.118. The third-order valence-corrected chi connectivity index (χ3v) is 7.56. The topological polar surface area (TPSA) is 20.3 Å². The SMILES string of the molecule is C[C@@H]1SC2(CCC(C(C)(C)C)CC2)N(c2ccc(Br)cc2)C1=O. The Balaban J connectivity index is 1.88. The molecule has 1 aromatic carbocycles. The van der Waals surface area contributed by atoms with E-state index in [0.717, 1.165) is 28.9 Å². The minimum Gasteiger partial charge on any atom is -0.296 e. The number of rotatable bonds is 1. The van der Waals surface area contributed by atoms with Crippen LogP contribution in [-0.4, -0.2) is 16.0 Å². The molecule has 0 unspecified atom stereocenters. The molecular weight excluding hydrogens is 370 g/mol. The highest BCUT2D eigenvalue weighted by Gasteiger charge is 2.52. The predicted octanol–water partition coefficient (Wildman–Crippen LogP) is 5.85. The van der Waals surface area contributed by atoms with Gasteiger partial charge in [0.15, 0.2) is 0 Å². The van der Waals surface area contributed by atoms with Gasteiger partial charge in [-0.15, -0.1) is 11.8 Å². The van der Waals surface area contributed by atoms with Gasteiger partial charge in [0.2, 0.25) is 5.91 Å². The summed E-state index contributed by atoms with van der Waals surface area (Å²) in [7, 11) is 0. The molecule has 1 aliphatic carbocycles. The summed E-state index contributed by atoms with van der Waals surface area (Å²) in [6.07, 6.45) is 4.63. The van der Waals surface area contributed by atoms with E-state index in [9.17, 15) is 4.79 Å². The lowest BCUT2D eigenvalue weighted by atomic mass is 9.71. The average molecular weight is 396 g/mol. The maximum absolute atomic E-state index is 12.8. The standard InChI is InChI=1S/C19H26BrNOS/c1-13-17(22)21(16-7-5-15(20)6-8-16)19(23-13)11-9-14(10-12-19)18(2,3)4/h5-8,13-14H,9-12H2,1-4H3/t13-,14?,19?/m0/s1. The summed E-state index contributed by atoms with van der Waals surface area (Å²) in [6, 6.07) is 8.20. The highest BCUT2D eigenvalue weighted by atomic mass is 79.9. The molecule has 126 valence electrons. The molecule has 0 bridgehead atoms. The van der Waals surface area contributed by atoms with Crippen LogP contribution in [-0.2, 0) is 4.79 Å². The second-order valence-corrected chi connectivity index (χ2v) is 10.6. The minimum atomic E-state index is -0.0356. The van der Waals surface area contributed by atoms with Gasteiger partial charge in [0.25, 0.3) is 0 Å². The Bertz CT molecular complexity index is 584. The lowest BCUT2D eigenvalue weighted by Gasteiger charge is -2.45. The van der Waals surface area contributed by atoms with Crippen molar-refractivity contribution >= 4 is 39.3 Å². The Morgan fingerprint density at radius 1 is 1.17 bits per heavy atom. The van der Waals surface area contributed by atoms with Crippen LogP contribution >= 0.6 is 27.7 Å². The van der Waals surface area contributed by atoms with E-state index in [1.54, 1.807) is 0 Å². The molecule has 0 radical (unpaired) electrons. The molecule has 1 saturated heterocycles. The normalized spacial score (nSPS) is 31.9. The molecule has 1 atom stereocenters. The van der Waals surface area contributed by atoms with E-state index in [4.69, 9.17) is 0 Å². The fourth-order valence-electron chi connectivity index (χ4n) is 4.04. The largest absolute Gasteiger partial charge is 0.296 e. The Hall–Kier alpha value is -0.480. The molecule has 1 saturated carbocycles. The van der Waals surface area contributed by atoms with Gasteiger partial charge in [0.1, 0.15) is 0 Å². The van der Waals surface area contributed by atoms with Crippen molar-refractivity contribution in [1.29, 1.82) is 0 Å². The number of carbonyl (C=O) groups is 1. The van der Waals surface area contributed by atoms with Crippen LogP contribution < -0.4 is 4.90 Å². The quantitative estimate of drug-likeness (QED) is 0.594. The van der Waals surface area contributed by atoms with Gasteiger partial charge in [-0.2, -0.15) is 0 Å². The van der Waals surface area contributed by atoms with Crippen molar-refractivity contribution in [1.82, 2.24) is 0 Å². The Labute approximate surface area is 152 Å². The van der Waals surface area contributed by atoms with Crippen LogP contribution in [0.25, 0.3) is 0 Å². The summed E-state index contributed by atoms with van der Waals surface area (Å²) >= 11 is 5.37. The first-order chi connectivity index (χ1) is 10.7. The second kappa shape index (κ2) is 6.11. The number of halogens is 1. The molecule has 2 fully saturated rings. The third kappa shape index (κ3) is 3.21. The van der Waals surface area contributed by atoms with E-state index in [0.29, 0.717) is 5.41 Å². The molecule has 1 aromatic rings. The van der Waals surface area contributed by atoms with Crippen LogP contribution in [0.4, 0.5) is 5.69 Å². The molecule has 3 rings (SSSR count). The number of carbonyl (C=O) groups excluding carboxylic acids is 1. The molecule has 0 aromatic heterocycles. The minimum absolute atomic E-state index is 0.0356. The van der Waals surface area contributed by atoms with Crippen molar-refractivity contribution in [3.8, 4) is 0 Å². The fourth-order valence-corrected chi connectivity index (χ4v) is 5.94. The monoisotopic (exact) mass is 395 g/mol. The van der Waals surface area contributed by atoms with E-state index in [1.807, 2.05) is 23.9 Å². The zero-order chi connectivity index (χ0) is 16.8. The van der Waals surface area contributed by atoms with Gasteiger partial charge in [-0.05, 0) is 68.2 Å². The highest BCUT2D eigenvalue weighted by molar-refractivity contribution is 9.10. The van der Waals surface area contributed by atoms with E-state index >= 15 is 0 Å². The van der Waals surface area contributed by atoms with Crippen LogP contribution in [0.3, 0.4) is 0 Å². The van der Waals surface area contributed by atoms with Crippen molar-refractivity contribution in [2.45, 2.75) is 63.5 Å². The van der Waals surface area contributed by atoms with E-state index in [1.165, 1.54) is 12.8 Å². The van der Waals surface area contributed by atoms with Crippen molar-refractivity contribution in [3.05, 3.63) is 28.7 Å². The molecule has 2 aliphatic rings. The summed E-state index contributed by atoms with van der Waals surface area (Å²) in [6.45, 7) is 9.09. The number of benzene rings is 1. The van der Waals surface area contributed by atoms with Gasteiger partial charge in [-0.3, -0.25) is 9.69 Å². The zero-order valence-corrected chi connectivity index (χ0v) is 16.8. The number of hydrogen-bond donors (Lipinski definition) is 0. The van der Waals surface area contributed by atoms with Crippen LogP contribution in [0.15, 0.2) is 28.7 Å². The molecule has 2 nitrogen and oxygen atoms in total. The molecule has 4 heteroatoms. The summed E-state index contributed by atoms with van der Waals surface area (Å²) in [5.41, 5.74) is 1.41. The summed E-state index contributed by atoms with van der Waals surface area (Å²) < 4.78 is 1.05. The maximum atomic E-state index is 12.8. The molecule has 1 heterocycles. The molecular formula is C19H26BrNOS. The number of hydrogen-bond acceptors (Lipinski definition) is 2. The molecule has 0 N–H and O–H groups in total. The molecule has 1 aliphatic heterocycles. The van der Waals surface area contributed by atoms with Crippen LogP contribution in [0, 0.1) is 11.3 Å². The van der Waals surface area contributed by atoms with Crippen molar-refractivity contribution < 1.29 is 4.79 Å². The van der Waals surface area contributed by atoms with E-state index in [-0.39, 0.29) is 16.0 Å². The van der Waals surface area contributed by atoms with Gasteiger partial charge in [-0.1, -0.05) is 36.7 Å². The predicted molar refractivity (Wildman–Crippen MR) is 103 cm³/mol. The number of anilines is 1. The lowest BCUT2D eigenvalue weighted by Crippen LogP contribution is -2.48. The summed E-state index contributed by atoms with van der Waals surface area (Å²) in [5, 5.41) is 0.0600. The van der Waals surface area contributed by atoms with E-state index in [2.05, 4.69) is 60.7 Å². The number of amides is 1. The molecule has 23 heavy (non-hydrogen) atoms. The summed E-state index contributed by atoms with van der Waals surface area (Å²) in [5.74, 6) is 1.03. The first kappa shape index (κ1) is 17.3. The molecule has 1 amide bonds. The number of thioether (sulfide) groups is 1. The van der Waals surface area contributed by atoms with Crippen LogP contribution in [0.1, 0.15) is 53.4 Å². The van der Waals surface area contributed by atoms with Gasteiger partial charge in [0, 0.05) is 10.2 Å². The smallest absolute Gasteiger partial charge is 0.241 e. The zero-order valence-electron chi connectivity index (χ0n) is 14.4. The Morgan fingerprint density at radius 2 is 1.74 bits per heavy atom. The molecule has 1 spiro atoms. The van der Waals surface area contributed by atoms with Crippen LogP contribution in [0.5, 0.6) is 0 Å². The average Bonchev–Trinajstić information content (AvgIpc) is 2.71. The van der Waals surface area contributed by atoms with Crippen molar-refractivity contribution in [3.63, 3.8) is 0 Å². The fraction of sp³-hybridized carbons (Fsp3) is 0.632. The Morgan fingerprint density at radius 3 is 2.26 bits per heavy atom. The number of nitrogens with zero attached hydrogens (tertiary/aromatic N) is 1. The highest BCUT2D eigenvalue weighted by Crippen LogP contribution is 2.54. The third-order valence-electron chi connectivity index (χ3n) is 5.45. The van der Waals surface area contributed by atoms with Gasteiger partial charge in [0.05, 0.1) is 10.1 Å². The van der Waals surface area contributed by atoms with Gasteiger partial charge in [-0.25, -0.2) is 0 Å². The van der Waals surface area contributed by atoms with Crippen molar-refractivity contribution in [2.24, 2.45) is 11.3 Å². The van der Waals surface area contributed by atoms with Crippen LogP contribution in [0.2, 0.25) is 0 Å². The Kier molecular flexibility index (Phi) is 4.61. The van der Waals surface area contributed by atoms with E-state index < -0.39 is 0 Å². The first-order valence-electron chi connectivity index (χ1n) is 8.50. The first-order valence-corrected chi connectivity index (χ1v) is 10.2. The van der Waals surface area contributed by atoms with Crippen molar-refractivity contribution in [2.75, 3.05) is 4.90 Å². The second-order valence-electron chi connectivity index (χ2n) is 8.00. The summed E-state index contributed by atoms with van der Waals surface area (Å²) in [4.78, 5) is 14.9. The van der Waals surface area contributed by atoms with Gasteiger partial charge < -0.3 is 0 Å². The maximum Gasteiger partial charge on any atom is 0.241 e. The van der Waals surface area contributed by atoms with Gasteiger partial charge >= 0.3 is 0 Å².